The molecule has 4 rings (SSSR count). The van der Waals surface area contributed by atoms with Crippen molar-refractivity contribution in [1.29, 1.82) is 0 Å². The van der Waals surface area contributed by atoms with E-state index in [9.17, 15) is 5.02 Å². The molecule has 2 aromatic rings. The van der Waals surface area contributed by atoms with Gasteiger partial charge in [0.1, 0.15) is 12.7 Å². The number of pyridine rings is 1. The number of nitrogens with zero attached hydrogens (tertiary/aromatic N) is 1. The van der Waals surface area contributed by atoms with Crippen LogP contribution in [0.4, 0.5) is 0 Å². The molecule has 1 N–H and O–H groups in total. The molecule has 3 heterocycles. The minimum absolute atomic E-state index is 0.0215. The van der Waals surface area contributed by atoms with Crippen LogP contribution >= 0.6 is 0 Å². The van der Waals surface area contributed by atoms with Crippen LogP contribution in [0, 0.1) is 0 Å². The fourth-order valence-corrected chi connectivity index (χ4v) is 3.43. The maximum atomic E-state index is 9.62. The molecule has 2 aliphatic rings. The van der Waals surface area contributed by atoms with Gasteiger partial charge in [-0.1, -0.05) is 6.92 Å². The lowest BCUT2D eigenvalue weighted by Crippen LogP contribution is -2.28. The normalized spacial score (nSPS) is 21.7. The average Bonchev–Trinajstić information content (AvgIpc) is 3.13. The van der Waals surface area contributed by atoms with Gasteiger partial charge in [0, 0.05) is 36.0 Å². The minimum atomic E-state index is -0.694. The van der Waals surface area contributed by atoms with Crippen LogP contribution in [0.5, 0.6) is 17.2 Å². The molecule has 1 aromatic heterocycles. The molecule has 2 atom stereocenters. The Morgan fingerprint density at radius 1 is 1.27 bits per heavy atom. The molecule has 0 aliphatic carbocycles. The highest BCUT2D eigenvalue weighted by molar-refractivity contribution is 6.43. The summed E-state index contributed by atoms with van der Waals surface area (Å²) in [5.41, 5.74) is 2.91. The smallest absolute Gasteiger partial charge is 0.454 e. The number of rotatable bonds is 4. The molecule has 7 heteroatoms. The number of hydrogen-bond acceptors (Lipinski definition) is 6. The van der Waals surface area contributed by atoms with Crippen LogP contribution in [-0.2, 0) is 4.65 Å². The largest absolute Gasteiger partial charge is 0.493 e. The molecule has 1 aromatic carbocycles. The van der Waals surface area contributed by atoms with Gasteiger partial charge in [-0.2, -0.15) is 0 Å². The summed E-state index contributed by atoms with van der Waals surface area (Å²) in [4.78, 5) is 4.39. The molecule has 1 unspecified atom stereocenters. The third-order valence-corrected chi connectivity index (χ3v) is 4.97. The van der Waals surface area contributed by atoms with Crippen molar-refractivity contribution in [2.45, 2.75) is 31.7 Å². The van der Waals surface area contributed by atoms with Crippen LogP contribution in [0.25, 0.3) is 11.1 Å². The average molecular weight is 355 g/mol. The lowest BCUT2D eigenvalue weighted by atomic mass is 9.79. The van der Waals surface area contributed by atoms with E-state index in [0.717, 1.165) is 23.1 Å². The fraction of sp³-hybridized carbons (Fsp3) is 0.421. The number of methoxy groups -OCH3 is 1. The lowest BCUT2D eigenvalue weighted by Gasteiger charge is -2.28. The molecular weight excluding hydrogens is 333 g/mol. The number of ether oxygens (including phenoxy) is 3. The highest BCUT2D eigenvalue weighted by atomic mass is 16.6. The van der Waals surface area contributed by atoms with E-state index in [1.165, 1.54) is 0 Å². The number of fused-ring (bicyclic) bond motifs is 1. The lowest BCUT2D eigenvalue weighted by molar-refractivity contribution is 0.0850. The summed E-state index contributed by atoms with van der Waals surface area (Å²) in [6.07, 6.45) is 5.12. The molecule has 0 radical (unpaired) electrons. The molecule has 0 amide bonds. The zero-order chi connectivity index (χ0) is 18.1. The van der Waals surface area contributed by atoms with Gasteiger partial charge in [-0.3, -0.25) is 4.98 Å². The first-order valence-corrected chi connectivity index (χ1v) is 8.95. The summed E-state index contributed by atoms with van der Waals surface area (Å²) in [6.45, 7) is 3.09. The molecular formula is C19H22BNO5. The number of benzene rings is 1. The van der Waals surface area contributed by atoms with Gasteiger partial charge in [0.2, 0.25) is 5.75 Å². The van der Waals surface area contributed by atoms with Crippen molar-refractivity contribution in [1.82, 2.24) is 4.98 Å². The van der Waals surface area contributed by atoms with Gasteiger partial charge in [-0.25, -0.2) is 0 Å². The molecule has 0 saturated carbocycles. The maximum Gasteiger partial charge on any atom is 0.454 e. The Morgan fingerprint density at radius 3 is 2.88 bits per heavy atom. The Hall–Kier alpha value is -2.25. The Morgan fingerprint density at radius 2 is 2.15 bits per heavy atom. The van der Waals surface area contributed by atoms with Crippen molar-refractivity contribution in [3.05, 3.63) is 36.2 Å². The summed E-state index contributed by atoms with van der Waals surface area (Å²) >= 11 is 0. The van der Waals surface area contributed by atoms with Crippen LogP contribution in [0.3, 0.4) is 0 Å². The molecule has 1 fully saturated rings. The van der Waals surface area contributed by atoms with Crippen LogP contribution < -0.4 is 14.2 Å². The van der Waals surface area contributed by atoms with Gasteiger partial charge in [-0.05, 0) is 36.5 Å². The van der Waals surface area contributed by atoms with Gasteiger partial charge in [0.05, 0.1) is 7.11 Å². The molecule has 26 heavy (non-hydrogen) atoms. The SMILES string of the molecule is CCC1COc2c(-c3cncc([C@@H]4COB(O)C4)c3)ccc(OC)c2O1. The second kappa shape index (κ2) is 7.17. The topological polar surface area (TPSA) is 70.0 Å². The van der Waals surface area contributed by atoms with E-state index in [0.29, 0.717) is 36.8 Å². The van der Waals surface area contributed by atoms with Crippen LogP contribution in [0.1, 0.15) is 24.8 Å². The predicted octanol–water partition coefficient (Wildman–Crippen LogP) is 2.90. The van der Waals surface area contributed by atoms with Gasteiger partial charge < -0.3 is 23.9 Å². The highest BCUT2D eigenvalue weighted by Gasteiger charge is 2.31. The standard InChI is InChI=1S/C19H22BNO5/c1-3-15-11-24-18-16(4-5-17(23-2)19(18)26-15)13-6-12(8-21-9-13)14-7-20(22)25-10-14/h4-6,8-9,14-15,22H,3,7,10-11H2,1-2H3/t14-,15?/m0/s1. The number of aromatic nitrogens is 1. The van der Waals surface area contributed by atoms with Crippen LogP contribution in [0.15, 0.2) is 30.6 Å². The third-order valence-electron chi connectivity index (χ3n) is 4.97. The van der Waals surface area contributed by atoms with E-state index < -0.39 is 7.12 Å². The molecule has 136 valence electrons. The molecule has 0 bridgehead atoms. The maximum absolute atomic E-state index is 9.62. The van der Waals surface area contributed by atoms with E-state index in [1.807, 2.05) is 24.5 Å². The minimum Gasteiger partial charge on any atom is -0.493 e. The van der Waals surface area contributed by atoms with Crippen molar-refractivity contribution >= 4 is 7.12 Å². The van der Waals surface area contributed by atoms with Gasteiger partial charge >= 0.3 is 7.12 Å². The second-order valence-electron chi connectivity index (χ2n) is 6.66. The van der Waals surface area contributed by atoms with E-state index >= 15 is 0 Å². The van der Waals surface area contributed by atoms with Crippen molar-refractivity contribution in [2.24, 2.45) is 0 Å². The summed E-state index contributed by atoms with van der Waals surface area (Å²) in [7, 11) is 0.932. The van der Waals surface area contributed by atoms with Crippen LogP contribution in [0.2, 0.25) is 6.32 Å². The Labute approximate surface area is 153 Å². The second-order valence-corrected chi connectivity index (χ2v) is 6.66. The van der Waals surface area contributed by atoms with E-state index in [-0.39, 0.29) is 12.0 Å². The van der Waals surface area contributed by atoms with E-state index in [2.05, 4.69) is 18.0 Å². The van der Waals surface area contributed by atoms with Crippen molar-refractivity contribution < 1.29 is 23.9 Å². The first-order chi connectivity index (χ1) is 12.7. The van der Waals surface area contributed by atoms with Gasteiger partial charge in [0.25, 0.3) is 0 Å². The fourth-order valence-electron chi connectivity index (χ4n) is 3.43. The highest BCUT2D eigenvalue weighted by Crippen LogP contribution is 2.47. The quantitative estimate of drug-likeness (QED) is 0.851. The van der Waals surface area contributed by atoms with Gasteiger partial charge in [0.15, 0.2) is 11.5 Å². The van der Waals surface area contributed by atoms with E-state index in [4.69, 9.17) is 18.9 Å². The van der Waals surface area contributed by atoms with Crippen LogP contribution in [-0.4, -0.2) is 43.6 Å². The van der Waals surface area contributed by atoms with Crippen molar-refractivity contribution in [3.63, 3.8) is 0 Å². The monoisotopic (exact) mass is 355 g/mol. The van der Waals surface area contributed by atoms with Crippen molar-refractivity contribution in [2.75, 3.05) is 20.3 Å². The number of hydrogen-bond donors (Lipinski definition) is 1. The predicted molar refractivity (Wildman–Crippen MR) is 97.9 cm³/mol. The van der Waals surface area contributed by atoms with Crippen molar-refractivity contribution in [3.8, 4) is 28.4 Å². The summed E-state index contributed by atoms with van der Waals surface area (Å²) in [5, 5.41) is 9.62. The first kappa shape index (κ1) is 17.2. The van der Waals surface area contributed by atoms with E-state index in [1.54, 1.807) is 7.11 Å². The summed E-state index contributed by atoms with van der Waals surface area (Å²) < 4.78 is 22.9. The Balaban J connectivity index is 1.72. The summed E-state index contributed by atoms with van der Waals surface area (Å²) in [5.74, 6) is 2.15. The third kappa shape index (κ3) is 3.13. The molecule has 1 saturated heterocycles. The zero-order valence-corrected chi connectivity index (χ0v) is 15.0. The van der Waals surface area contributed by atoms with Gasteiger partial charge in [-0.15, -0.1) is 0 Å². The first-order valence-electron chi connectivity index (χ1n) is 8.95. The Bertz CT molecular complexity index is 799. The molecule has 2 aliphatic heterocycles. The molecule has 6 nitrogen and oxygen atoms in total. The molecule has 0 spiro atoms. The summed E-state index contributed by atoms with van der Waals surface area (Å²) in [6, 6.07) is 5.94. The Kier molecular flexibility index (Phi) is 4.74. The zero-order valence-electron chi connectivity index (χ0n) is 15.0.